The number of carbonyl (C=O) groups excluding carboxylic acids is 1. The first-order chi connectivity index (χ1) is 9.20. The van der Waals surface area contributed by atoms with Crippen molar-refractivity contribution in [3.63, 3.8) is 0 Å². The fourth-order valence-electron chi connectivity index (χ4n) is 2.74. The number of urea groups is 1. The van der Waals surface area contributed by atoms with Crippen molar-refractivity contribution in [2.45, 2.75) is 84.5 Å². The van der Waals surface area contributed by atoms with Crippen molar-refractivity contribution in [3.05, 3.63) is 12.7 Å². The lowest BCUT2D eigenvalue weighted by Gasteiger charge is -2.39. The van der Waals surface area contributed by atoms with E-state index in [4.69, 9.17) is 4.43 Å². The van der Waals surface area contributed by atoms with E-state index in [-0.39, 0.29) is 29.4 Å². The molecule has 2 amide bonds. The van der Waals surface area contributed by atoms with Gasteiger partial charge in [-0.15, -0.1) is 6.58 Å². The second kappa shape index (κ2) is 5.43. The molecule has 5 heteroatoms. The van der Waals surface area contributed by atoms with E-state index in [1.165, 1.54) is 0 Å². The van der Waals surface area contributed by atoms with Crippen LogP contribution in [0.25, 0.3) is 0 Å². The Hall–Kier alpha value is -0.813. The zero-order valence-corrected chi connectivity index (χ0v) is 16.2. The van der Waals surface area contributed by atoms with Gasteiger partial charge in [-0.1, -0.05) is 6.08 Å². The van der Waals surface area contributed by atoms with Crippen LogP contribution >= 0.6 is 0 Å². The Morgan fingerprint density at radius 1 is 1.05 bits per heavy atom. The van der Waals surface area contributed by atoms with Gasteiger partial charge in [-0.05, 0) is 61.2 Å². The summed E-state index contributed by atoms with van der Waals surface area (Å²) in [7, 11) is -1.79. The summed E-state index contributed by atoms with van der Waals surface area (Å²) in [5, 5.41) is 0. The number of hydrogen-bond donors (Lipinski definition) is 0. The van der Waals surface area contributed by atoms with Gasteiger partial charge in [0.2, 0.25) is 0 Å². The molecule has 0 bridgehead atoms. The first kappa shape index (κ1) is 18.2. The smallest absolute Gasteiger partial charge is 0.323 e. The number of carbonyl (C=O) groups is 1. The van der Waals surface area contributed by atoms with E-state index in [2.05, 4.69) is 67.8 Å². The predicted molar refractivity (Wildman–Crippen MR) is 90.8 cm³/mol. The van der Waals surface area contributed by atoms with Gasteiger partial charge in [0.1, 0.15) is 6.23 Å². The van der Waals surface area contributed by atoms with E-state index in [0.717, 1.165) is 0 Å². The molecule has 0 aliphatic carbocycles. The zero-order valence-electron chi connectivity index (χ0n) is 15.2. The van der Waals surface area contributed by atoms with E-state index in [1.54, 1.807) is 0 Å². The van der Waals surface area contributed by atoms with Gasteiger partial charge in [0.15, 0.2) is 8.32 Å². The fraction of sp³-hybridized carbons (Fsp3) is 0.812. The molecule has 0 spiro atoms. The van der Waals surface area contributed by atoms with Crippen molar-refractivity contribution in [2.75, 3.05) is 0 Å². The molecule has 4 nitrogen and oxygen atoms in total. The molecule has 2 atom stereocenters. The molecule has 0 aromatic rings. The van der Waals surface area contributed by atoms with Gasteiger partial charge in [0.05, 0.1) is 6.04 Å². The Bertz CT molecular complexity index is 415. The van der Waals surface area contributed by atoms with Crippen LogP contribution in [0, 0.1) is 0 Å². The molecule has 122 valence electrons. The monoisotopic (exact) mass is 312 g/mol. The highest BCUT2D eigenvalue weighted by Crippen LogP contribution is 2.37. The molecule has 0 unspecified atom stereocenters. The Balaban J connectivity index is 3.34. The Kier molecular flexibility index (Phi) is 4.72. The molecule has 0 radical (unpaired) electrons. The van der Waals surface area contributed by atoms with Crippen molar-refractivity contribution < 1.29 is 9.22 Å². The largest absolute Gasteiger partial charge is 0.396 e. The molecule has 1 aliphatic rings. The van der Waals surface area contributed by atoms with Crippen molar-refractivity contribution >= 4 is 14.3 Å². The maximum Gasteiger partial charge on any atom is 0.323 e. The quantitative estimate of drug-likeness (QED) is 0.582. The summed E-state index contributed by atoms with van der Waals surface area (Å²) in [6.45, 7) is 22.7. The van der Waals surface area contributed by atoms with Crippen molar-refractivity contribution in [1.29, 1.82) is 0 Å². The number of hydrogen-bond acceptors (Lipinski definition) is 2. The second-order valence-electron chi connectivity index (χ2n) is 8.71. The summed E-state index contributed by atoms with van der Waals surface area (Å²) in [6.07, 6.45) is 1.58. The van der Waals surface area contributed by atoms with Gasteiger partial charge in [-0.3, -0.25) is 4.90 Å². The lowest BCUT2D eigenvalue weighted by molar-refractivity contribution is 0.0117. The molecule has 21 heavy (non-hydrogen) atoms. The highest BCUT2D eigenvalue weighted by Gasteiger charge is 2.53. The molecule has 1 heterocycles. The van der Waals surface area contributed by atoms with Gasteiger partial charge >= 0.3 is 6.03 Å². The van der Waals surface area contributed by atoms with Crippen LogP contribution in [-0.2, 0) is 4.43 Å². The lowest BCUT2D eigenvalue weighted by atomic mass is 10.0. The highest BCUT2D eigenvalue weighted by atomic mass is 28.4. The summed E-state index contributed by atoms with van der Waals surface area (Å²) < 4.78 is 6.37. The van der Waals surface area contributed by atoms with Crippen LogP contribution in [0.3, 0.4) is 0 Å². The van der Waals surface area contributed by atoms with Crippen LogP contribution in [0.15, 0.2) is 12.7 Å². The average Bonchev–Trinajstić information content (AvgIpc) is 2.46. The number of amides is 2. The molecule has 0 N–H and O–H groups in total. The molecule has 1 aliphatic heterocycles. The third-order valence-electron chi connectivity index (χ3n) is 3.42. The molecule has 1 saturated heterocycles. The minimum atomic E-state index is -1.79. The summed E-state index contributed by atoms with van der Waals surface area (Å²) in [5.41, 5.74) is -0.556. The lowest BCUT2D eigenvalue weighted by Crippen LogP contribution is -2.52. The van der Waals surface area contributed by atoms with Gasteiger partial charge in [0.25, 0.3) is 0 Å². The predicted octanol–water partition coefficient (Wildman–Crippen LogP) is 4.05. The molecule has 0 aromatic heterocycles. The molecule has 1 fully saturated rings. The average molecular weight is 313 g/mol. The summed E-state index contributed by atoms with van der Waals surface area (Å²) in [4.78, 5) is 16.8. The maximum absolute atomic E-state index is 13.0. The SMILES string of the molecule is C=C[C@@H]1[C@@H](O[Si](C)(C)C)N(C(C)(C)C)C(=O)N1C(C)(C)C. The van der Waals surface area contributed by atoms with Crippen LogP contribution < -0.4 is 0 Å². The molecular formula is C16H32N2O2Si. The normalized spacial score (nSPS) is 24.7. The van der Waals surface area contributed by atoms with E-state index in [9.17, 15) is 4.79 Å². The van der Waals surface area contributed by atoms with Crippen molar-refractivity contribution in [3.8, 4) is 0 Å². The minimum Gasteiger partial charge on any atom is -0.396 e. The standard InChI is InChI=1S/C16H32N2O2Si/c1-11-12-13(20-21(8,9)10)18(16(5,6)7)14(19)17(12)15(2,3)4/h11-13H,1H2,2-10H3/t12-,13-/m1/s1. The van der Waals surface area contributed by atoms with Gasteiger partial charge in [-0.2, -0.15) is 0 Å². The Morgan fingerprint density at radius 3 is 1.76 bits per heavy atom. The third-order valence-corrected chi connectivity index (χ3v) is 4.37. The van der Waals surface area contributed by atoms with E-state index >= 15 is 0 Å². The zero-order chi connectivity index (χ0) is 16.8. The Labute approximate surface area is 131 Å². The molecule has 1 rings (SSSR count). The maximum atomic E-state index is 13.0. The number of rotatable bonds is 3. The Morgan fingerprint density at radius 2 is 1.48 bits per heavy atom. The van der Waals surface area contributed by atoms with Crippen molar-refractivity contribution in [2.24, 2.45) is 0 Å². The first-order valence-corrected chi connectivity index (χ1v) is 11.0. The van der Waals surface area contributed by atoms with Crippen LogP contribution in [0.2, 0.25) is 19.6 Å². The van der Waals surface area contributed by atoms with Gasteiger partial charge in [0, 0.05) is 11.1 Å². The topological polar surface area (TPSA) is 32.8 Å². The van der Waals surface area contributed by atoms with E-state index in [1.807, 2.05) is 15.9 Å². The van der Waals surface area contributed by atoms with Crippen molar-refractivity contribution in [1.82, 2.24) is 9.80 Å². The van der Waals surface area contributed by atoms with Gasteiger partial charge < -0.3 is 9.33 Å². The molecule has 0 aromatic carbocycles. The fourth-order valence-corrected chi connectivity index (χ4v) is 3.71. The second-order valence-corrected chi connectivity index (χ2v) is 13.2. The molecule has 0 saturated carbocycles. The first-order valence-electron chi connectivity index (χ1n) is 7.63. The summed E-state index contributed by atoms with van der Waals surface area (Å²) in [6, 6.07) is -0.0911. The highest BCUT2D eigenvalue weighted by molar-refractivity contribution is 6.69. The minimum absolute atomic E-state index is 0.0307. The molecular weight excluding hydrogens is 280 g/mol. The van der Waals surface area contributed by atoms with E-state index < -0.39 is 8.32 Å². The van der Waals surface area contributed by atoms with Crippen LogP contribution in [-0.4, -0.2) is 47.5 Å². The van der Waals surface area contributed by atoms with Gasteiger partial charge in [-0.25, -0.2) is 4.79 Å². The van der Waals surface area contributed by atoms with Crippen LogP contribution in [0.1, 0.15) is 41.5 Å². The summed E-state index contributed by atoms with van der Waals surface area (Å²) in [5.74, 6) is 0. The van der Waals surface area contributed by atoms with Crippen LogP contribution in [0.4, 0.5) is 4.79 Å². The third kappa shape index (κ3) is 3.89. The number of nitrogens with zero attached hydrogens (tertiary/aromatic N) is 2. The van der Waals surface area contributed by atoms with E-state index in [0.29, 0.717) is 0 Å². The summed E-state index contributed by atoms with van der Waals surface area (Å²) >= 11 is 0. The van der Waals surface area contributed by atoms with Crippen LogP contribution in [0.5, 0.6) is 0 Å².